The maximum absolute atomic E-state index is 12.4. The van der Waals surface area contributed by atoms with Crippen LogP contribution in [0.4, 0.5) is 0 Å². The summed E-state index contributed by atoms with van der Waals surface area (Å²) in [5.74, 6) is 2.15. The Labute approximate surface area is 146 Å². The fourth-order valence-corrected chi connectivity index (χ4v) is 5.91. The molecule has 4 rings (SSSR count). The molecule has 0 spiro atoms. The number of aromatic nitrogens is 3. The predicted molar refractivity (Wildman–Crippen MR) is 90.8 cm³/mol. The molecule has 0 radical (unpaired) electrons. The minimum Gasteiger partial charge on any atom is -0.341 e. The molecule has 7 nitrogen and oxygen atoms in total. The van der Waals surface area contributed by atoms with Gasteiger partial charge in [-0.3, -0.25) is 4.79 Å². The van der Waals surface area contributed by atoms with Crippen LogP contribution in [-0.2, 0) is 14.6 Å². The number of hydrogen-bond donors (Lipinski definition) is 0. The molecule has 24 heavy (non-hydrogen) atoms. The molecule has 1 saturated heterocycles. The van der Waals surface area contributed by atoms with E-state index in [4.69, 9.17) is 0 Å². The summed E-state index contributed by atoms with van der Waals surface area (Å²) in [4.78, 5) is 14.0. The molecule has 1 aromatic heterocycles. The van der Waals surface area contributed by atoms with E-state index in [1.165, 1.54) is 37.4 Å². The van der Waals surface area contributed by atoms with Crippen LogP contribution in [0.3, 0.4) is 0 Å². The first-order valence-electron chi connectivity index (χ1n) is 8.48. The summed E-state index contributed by atoms with van der Waals surface area (Å²) in [6.45, 7) is 0. The lowest BCUT2D eigenvalue weighted by atomic mass is 10.2. The molecule has 1 amide bonds. The van der Waals surface area contributed by atoms with Gasteiger partial charge in [-0.15, -0.1) is 10.2 Å². The number of carbonyl (C=O) groups is 1. The molecule has 0 bridgehead atoms. The lowest BCUT2D eigenvalue weighted by Gasteiger charge is -2.23. The largest absolute Gasteiger partial charge is 0.341 e. The molecule has 9 heteroatoms. The highest BCUT2D eigenvalue weighted by Gasteiger charge is 2.37. The molecule has 3 fully saturated rings. The van der Waals surface area contributed by atoms with Crippen LogP contribution in [0.15, 0.2) is 5.16 Å². The highest BCUT2D eigenvalue weighted by atomic mass is 32.2. The molecule has 0 aromatic carbocycles. The minimum absolute atomic E-state index is 0.0413. The number of hydrogen-bond acceptors (Lipinski definition) is 6. The van der Waals surface area contributed by atoms with Gasteiger partial charge in [-0.05, 0) is 32.1 Å². The zero-order valence-electron chi connectivity index (χ0n) is 13.7. The van der Waals surface area contributed by atoms with E-state index in [0.717, 1.165) is 11.0 Å². The summed E-state index contributed by atoms with van der Waals surface area (Å²) in [7, 11) is -1.27. The number of amides is 1. The Bertz CT molecular complexity index is 753. The highest BCUT2D eigenvalue weighted by Crippen LogP contribution is 2.46. The molecule has 0 N–H and O–H groups in total. The van der Waals surface area contributed by atoms with Crippen molar-refractivity contribution in [2.75, 3.05) is 24.3 Å². The van der Waals surface area contributed by atoms with Gasteiger partial charge in [-0.2, -0.15) is 0 Å². The average Bonchev–Trinajstić information content (AvgIpc) is 3.47. The Morgan fingerprint density at radius 3 is 2.58 bits per heavy atom. The molecule has 1 aliphatic heterocycles. The van der Waals surface area contributed by atoms with Crippen LogP contribution in [0.25, 0.3) is 0 Å². The number of rotatable bonds is 6. The maximum atomic E-state index is 12.4. The van der Waals surface area contributed by atoms with Crippen molar-refractivity contribution in [2.24, 2.45) is 0 Å². The maximum Gasteiger partial charge on any atom is 0.233 e. The van der Waals surface area contributed by atoms with Crippen molar-refractivity contribution in [1.82, 2.24) is 19.7 Å². The fraction of sp³-hybridized carbons (Fsp3) is 0.800. The van der Waals surface area contributed by atoms with Gasteiger partial charge in [-0.25, -0.2) is 8.42 Å². The van der Waals surface area contributed by atoms with Crippen molar-refractivity contribution in [3.63, 3.8) is 0 Å². The van der Waals surface area contributed by atoms with Crippen LogP contribution in [0, 0.1) is 0 Å². The smallest absolute Gasteiger partial charge is 0.233 e. The number of carbonyl (C=O) groups excluding carboxylic acids is 1. The van der Waals surface area contributed by atoms with E-state index in [1.807, 2.05) is 0 Å². The first kappa shape index (κ1) is 16.4. The van der Waals surface area contributed by atoms with Crippen molar-refractivity contribution in [1.29, 1.82) is 0 Å². The van der Waals surface area contributed by atoms with E-state index < -0.39 is 9.84 Å². The van der Waals surface area contributed by atoms with Crippen molar-refractivity contribution in [2.45, 2.75) is 55.3 Å². The highest BCUT2D eigenvalue weighted by molar-refractivity contribution is 7.99. The SMILES string of the molecule is CN(C(=O)CSc1nnc(C2CC2)n1C1CC1)C1CCS(=O)(=O)C1. The first-order valence-corrected chi connectivity index (χ1v) is 11.3. The molecule has 1 aromatic rings. The molecule has 2 heterocycles. The molecular weight excluding hydrogens is 348 g/mol. The molecule has 1 atom stereocenters. The zero-order chi connectivity index (χ0) is 16.9. The molecular formula is C15H22N4O3S2. The Morgan fingerprint density at radius 1 is 1.25 bits per heavy atom. The van der Waals surface area contributed by atoms with Crippen LogP contribution in [0.1, 0.15) is 49.9 Å². The van der Waals surface area contributed by atoms with E-state index in [9.17, 15) is 13.2 Å². The summed E-state index contributed by atoms with van der Waals surface area (Å²) in [5.41, 5.74) is 0. The van der Waals surface area contributed by atoms with Gasteiger partial charge in [0, 0.05) is 25.0 Å². The van der Waals surface area contributed by atoms with Gasteiger partial charge in [-0.1, -0.05) is 11.8 Å². The van der Waals surface area contributed by atoms with Crippen LogP contribution < -0.4 is 0 Å². The lowest BCUT2D eigenvalue weighted by molar-refractivity contribution is -0.128. The van der Waals surface area contributed by atoms with E-state index >= 15 is 0 Å². The van der Waals surface area contributed by atoms with Gasteiger partial charge in [0.05, 0.1) is 17.3 Å². The second-order valence-corrected chi connectivity index (χ2v) is 10.2. The Balaban J connectivity index is 1.39. The molecule has 2 saturated carbocycles. The van der Waals surface area contributed by atoms with E-state index in [0.29, 0.717) is 18.4 Å². The number of nitrogens with zero attached hydrogens (tertiary/aromatic N) is 4. The third-order valence-corrected chi connectivity index (χ3v) is 7.70. The fourth-order valence-electron chi connectivity index (χ4n) is 3.20. The van der Waals surface area contributed by atoms with Crippen LogP contribution in [-0.4, -0.2) is 64.3 Å². The number of sulfone groups is 1. The van der Waals surface area contributed by atoms with Crippen molar-refractivity contribution in [3.05, 3.63) is 5.82 Å². The second-order valence-electron chi connectivity index (χ2n) is 7.07. The van der Waals surface area contributed by atoms with Crippen molar-refractivity contribution in [3.8, 4) is 0 Å². The summed E-state index contributed by atoms with van der Waals surface area (Å²) in [5, 5.41) is 9.48. The zero-order valence-corrected chi connectivity index (χ0v) is 15.4. The summed E-state index contributed by atoms with van der Waals surface area (Å²) >= 11 is 1.43. The Hall–Kier alpha value is -1.09. The molecule has 2 aliphatic carbocycles. The van der Waals surface area contributed by atoms with Gasteiger partial charge in [0.2, 0.25) is 5.91 Å². The normalized spacial score (nSPS) is 25.8. The van der Waals surface area contributed by atoms with Crippen LogP contribution >= 0.6 is 11.8 Å². The topological polar surface area (TPSA) is 85.2 Å². The summed E-state index contributed by atoms with van der Waals surface area (Å²) in [6.07, 6.45) is 5.25. The van der Waals surface area contributed by atoms with Crippen LogP contribution in [0.5, 0.6) is 0 Å². The van der Waals surface area contributed by atoms with Gasteiger partial charge in [0.1, 0.15) is 5.82 Å². The van der Waals surface area contributed by atoms with Crippen LogP contribution in [0.2, 0.25) is 0 Å². The molecule has 1 unspecified atom stereocenters. The third-order valence-electron chi connectivity index (χ3n) is 5.02. The van der Waals surface area contributed by atoms with E-state index in [1.54, 1.807) is 11.9 Å². The third kappa shape index (κ3) is 3.33. The Kier molecular flexibility index (Phi) is 4.11. The van der Waals surface area contributed by atoms with Gasteiger partial charge in [0.25, 0.3) is 0 Å². The standard InChI is InChI=1S/C15H22N4O3S2/c1-18(12-6-7-24(21,22)9-12)13(20)8-23-15-17-16-14(10-2-3-10)19(15)11-4-5-11/h10-12H,2-9H2,1H3. The summed E-state index contributed by atoms with van der Waals surface area (Å²) in [6, 6.07) is 0.317. The van der Waals surface area contributed by atoms with Crippen molar-refractivity contribution < 1.29 is 13.2 Å². The minimum atomic E-state index is -2.98. The first-order chi connectivity index (χ1) is 11.4. The van der Waals surface area contributed by atoms with Gasteiger partial charge < -0.3 is 9.47 Å². The second kappa shape index (κ2) is 6.01. The van der Waals surface area contributed by atoms with Crippen molar-refractivity contribution >= 4 is 27.5 Å². The average molecular weight is 371 g/mol. The van der Waals surface area contributed by atoms with Gasteiger partial charge >= 0.3 is 0 Å². The lowest BCUT2D eigenvalue weighted by Crippen LogP contribution is -2.38. The number of thioether (sulfide) groups is 1. The molecule has 3 aliphatic rings. The molecule has 132 valence electrons. The van der Waals surface area contributed by atoms with E-state index in [2.05, 4.69) is 14.8 Å². The summed E-state index contributed by atoms with van der Waals surface area (Å²) < 4.78 is 25.4. The Morgan fingerprint density at radius 2 is 2.00 bits per heavy atom. The monoisotopic (exact) mass is 370 g/mol. The quantitative estimate of drug-likeness (QED) is 0.700. The van der Waals surface area contributed by atoms with E-state index in [-0.39, 0.29) is 29.2 Å². The van der Waals surface area contributed by atoms with Gasteiger partial charge in [0.15, 0.2) is 15.0 Å². The predicted octanol–water partition coefficient (Wildman–Crippen LogP) is 1.23.